The molecule has 15 heteroatoms. The van der Waals surface area contributed by atoms with Gasteiger partial charge in [-0.05, 0) is 70.4 Å². The number of benzene rings is 1. The Bertz CT molecular complexity index is 1460. The van der Waals surface area contributed by atoms with Crippen LogP contribution in [0.1, 0.15) is 71.3 Å². The van der Waals surface area contributed by atoms with Crippen molar-refractivity contribution in [1.82, 2.24) is 15.5 Å². The molecule has 1 heterocycles. The molecular weight excluding hydrogens is 656 g/mol. The van der Waals surface area contributed by atoms with E-state index in [4.69, 9.17) is 15.2 Å². The summed E-state index contributed by atoms with van der Waals surface area (Å²) in [7, 11) is -2.75. The third-order valence-electron chi connectivity index (χ3n) is 8.04. The first-order chi connectivity index (χ1) is 23.1. The number of likely N-dealkylation sites (tertiary alicyclic amines) is 1. The highest BCUT2D eigenvalue weighted by Crippen LogP contribution is 2.23. The molecule has 272 valence electrons. The Morgan fingerprint density at radius 3 is 2.31 bits per heavy atom. The highest BCUT2D eigenvalue weighted by atomic mass is 32.2. The van der Waals surface area contributed by atoms with Gasteiger partial charge in [0.1, 0.15) is 18.1 Å². The molecule has 1 aromatic rings. The fourth-order valence-electron chi connectivity index (χ4n) is 5.50. The van der Waals surface area contributed by atoms with Crippen LogP contribution in [0.3, 0.4) is 0 Å². The average molecular weight is 707 g/mol. The molecule has 1 fully saturated rings. The van der Waals surface area contributed by atoms with Crippen LogP contribution in [0.2, 0.25) is 0 Å². The zero-order valence-corrected chi connectivity index (χ0v) is 29.8. The van der Waals surface area contributed by atoms with Gasteiger partial charge in [-0.1, -0.05) is 37.6 Å². The van der Waals surface area contributed by atoms with Crippen LogP contribution in [-0.4, -0.2) is 93.0 Å². The molecule has 0 radical (unpaired) electrons. The van der Waals surface area contributed by atoms with Gasteiger partial charge in [0.2, 0.25) is 23.6 Å². The third kappa shape index (κ3) is 13.3. The summed E-state index contributed by atoms with van der Waals surface area (Å²) in [5.74, 6) is -5.58. The monoisotopic (exact) mass is 706 g/mol. The van der Waals surface area contributed by atoms with Crippen LogP contribution in [0.25, 0.3) is 0 Å². The quantitative estimate of drug-likeness (QED) is 0.140. The molecule has 0 bridgehead atoms. The largest absolute Gasteiger partial charge is 0.467 e. The SMILES string of the molecule is CCOC(=O)/C=C\CC[C@H](CS(=O)(=O)c1ccc(C)cc1)C(=O)N[C@@H](CCC(N)=O)C(=O)N1CCC[C@H]1C(=O)N[C@@H](CC(C)C)C(=O)OC. The molecule has 1 aromatic carbocycles. The van der Waals surface area contributed by atoms with Crippen LogP contribution in [0.5, 0.6) is 0 Å². The standard InChI is InChI=1S/C34H50N4O10S/c1-6-48-30(40)12-8-7-10-24(21-49(45,46)25-15-13-23(4)14-16-25)31(41)36-26(17-18-29(35)39)33(43)38-19-9-11-28(38)32(42)37-27(20-22(2)3)34(44)47-5/h8,12-16,22,24,26-28H,6-7,9-11,17-21H2,1-5H3,(H2,35,39)(H,36,41)(H,37,42)/b12-8-/t24-,26+,27+,28+/m1/s1. The van der Waals surface area contributed by atoms with Crippen LogP contribution in [0.4, 0.5) is 0 Å². The van der Waals surface area contributed by atoms with Crippen molar-refractivity contribution in [2.75, 3.05) is 26.0 Å². The summed E-state index contributed by atoms with van der Waals surface area (Å²) in [6, 6.07) is 3.00. The lowest BCUT2D eigenvalue weighted by Gasteiger charge is -2.30. The van der Waals surface area contributed by atoms with Gasteiger partial charge in [0.05, 0.1) is 30.3 Å². The second kappa shape index (κ2) is 19.7. The second-order valence-electron chi connectivity index (χ2n) is 12.5. The van der Waals surface area contributed by atoms with Gasteiger partial charge in [-0.2, -0.15) is 0 Å². The van der Waals surface area contributed by atoms with Crippen LogP contribution >= 0.6 is 0 Å². The van der Waals surface area contributed by atoms with E-state index in [1.54, 1.807) is 19.1 Å². The number of carbonyl (C=O) groups is 6. The molecule has 4 amide bonds. The molecule has 49 heavy (non-hydrogen) atoms. The number of hydrogen-bond donors (Lipinski definition) is 3. The fourth-order valence-corrected chi connectivity index (χ4v) is 7.09. The predicted molar refractivity (Wildman–Crippen MR) is 180 cm³/mol. The van der Waals surface area contributed by atoms with Gasteiger partial charge in [-0.3, -0.25) is 19.2 Å². The zero-order valence-electron chi connectivity index (χ0n) is 28.9. The Hall–Kier alpha value is -4.27. The summed E-state index contributed by atoms with van der Waals surface area (Å²) in [6.07, 6.45) is 3.44. The van der Waals surface area contributed by atoms with Crippen molar-refractivity contribution in [3.63, 3.8) is 0 Å². The Morgan fingerprint density at radius 2 is 1.71 bits per heavy atom. The number of primary amides is 1. The first kappa shape index (κ1) is 40.9. The van der Waals surface area contributed by atoms with Gasteiger partial charge in [0.15, 0.2) is 9.84 Å². The van der Waals surface area contributed by atoms with Crippen molar-refractivity contribution in [3.05, 3.63) is 42.0 Å². The zero-order chi connectivity index (χ0) is 36.7. The normalized spacial score (nSPS) is 16.5. The van der Waals surface area contributed by atoms with E-state index in [1.165, 1.54) is 36.3 Å². The molecule has 0 unspecified atom stereocenters. The average Bonchev–Trinajstić information content (AvgIpc) is 3.53. The number of nitrogens with one attached hydrogen (secondary N) is 2. The number of hydrogen-bond acceptors (Lipinski definition) is 10. The van der Waals surface area contributed by atoms with Crippen LogP contribution in [-0.2, 0) is 48.1 Å². The summed E-state index contributed by atoms with van der Waals surface area (Å²) in [5, 5.41) is 5.32. The van der Waals surface area contributed by atoms with E-state index in [0.717, 1.165) is 5.56 Å². The lowest BCUT2D eigenvalue weighted by atomic mass is 10.0. The number of allylic oxidation sites excluding steroid dienone is 1. The van der Waals surface area contributed by atoms with Gasteiger partial charge >= 0.3 is 11.9 Å². The minimum atomic E-state index is -3.97. The lowest BCUT2D eigenvalue weighted by Crippen LogP contribution is -2.56. The molecule has 14 nitrogen and oxygen atoms in total. The van der Waals surface area contributed by atoms with Gasteiger partial charge in [-0.25, -0.2) is 18.0 Å². The summed E-state index contributed by atoms with van der Waals surface area (Å²) in [6.45, 7) is 7.58. The Balaban J connectivity index is 2.34. The van der Waals surface area contributed by atoms with Crippen molar-refractivity contribution >= 4 is 45.4 Å². The summed E-state index contributed by atoms with van der Waals surface area (Å²) in [5.41, 5.74) is 6.22. The number of carbonyl (C=O) groups excluding carboxylic acids is 6. The van der Waals surface area contributed by atoms with Crippen LogP contribution in [0.15, 0.2) is 41.3 Å². The molecule has 0 spiro atoms. The number of amides is 4. The van der Waals surface area contributed by atoms with Crippen molar-refractivity contribution in [2.45, 2.75) is 95.7 Å². The number of nitrogens with two attached hydrogens (primary N) is 1. The molecule has 1 saturated heterocycles. The third-order valence-corrected chi connectivity index (χ3v) is 9.87. The molecule has 2 rings (SSSR count). The highest BCUT2D eigenvalue weighted by molar-refractivity contribution is 7.91. The molecule has 0 saturated carbocycles. The van der Waals surface area contributed by atoms with E-state index in [0.29, 0.717) is 19.3 Å². The molecule has 0 aromatic heterocycles. The second-order valence-corrected chi connectivity index (χ2v) is 14.5. The number of rotatable bonds is 19. The molecule has 4 atom stereocenters. The van der Waals surface area contributed by atoms with Crippen molar-refractivity contribution in [2.24, 2.45) is 17.6 Å². The highest BCUT2D eigenvalue weighted by Gasteiger charge is 2.40. The van der Waals surface area contributed by atoms with E-state index in [1.807, 2.05) is 20.8 Å². The summed E-state index contributed by atoms with van der Waals surface area (Å²) >= 11 is 0. The molecule has 1 aliphatic heterocycles. The van der Waals surface area contributed by atoms with E-state index in [2.05, 4.69) is 10.6 Å². The molecular formula is C34H50N4O10S. The van der Waals surface area contributed by atoms with E-state index in [9.17, 15) is 37.2 Å². The lowest BCUT2D eigenvalue weighted by molar-refractivity contribution is -0.147. The van der Waals surface area contributed by atoms with Gasteiger partial charge in [0, 0.05) is 19.0 Å². The Labute approximate surface area is 288 Å². The summed E-state index contributed by atoms with van der Waals surface area (Å²) in [4.78, 5) is 78.2. The number of esters is 2. The van der Waals surface area contributed by atoms with E-state index in [-0.39, 0.29) is 49.6 Å². The first-order valence-electron chi connectivity index (χ1n) is 16.5. The van der Waals surface area contributed by atoms with Crippen molar-refractivity contribution in [3.8, 4) is 0 Å². The maximum absolute atomic E-state index is 13.9. The number of aryl methyl sites for hydroxylation is 1. The van der Waals surface area contributed by atoms with E-state index >= 15 is 0 Å². The topological polar surface area (TPSA) is 208 Å². The number of nitrogens with zero attached hydrogens (tertiary/aromatic N) is 1. The Morgan fingerprint density at radius 1 is 1.04 bits per heavy atom. The van der Waals surface area contributed by atoms with Crippen LogP contribution in [0, 0.1) is 18.8 Å². The van der Waals surface area contributed by atoms with Gasteiger partial charge in [-0.15, -0.1) is 0 Å². The minimum absolute atomic E-state index is 0.00305. The van der Waals surface area contributed by atoms with Crippen molar-refractivity contribution < 1.29 is 46.7 Å². The Kier molecular flexibility index (Phi) is 16.4. The van der Waals surface area contributed by atoms with Gasteiger partial charge in [0.25, 0.3) is 0 Å². The molecule has 0 aliphatic carbocycles. The summed E-state index contributed by atoms with van der Waals surface area (Å²) < 4.78 is 36.5. The number of sulfone groups is 1. The fraction of sp³-hybridized carbons (Fsp3) is 0.588. The maximum atomic E-state index is 13.9. The van der Waals surface area contributed by atoms with E-state index < -0.39 is 75.2 Å². The van der Waals surface area contributed by atoms with Gasteiger partial charge < -0.3 is 30.7 Å². The predicted octanol–water partition coefficient (Wildman–Crippen LogP) is 1.73. The smallest absolute Gasteiger partial charge is 0.330 e. The number of methoxy groups -OCH3 is 1. The van der Waals surface area contributed by atoms with Crippen LogP contribution < -0.4 is 16.4 Å². The van der Waals surface area contributed by atoms with Crippen molar-refractivity contribution in [1.29, 1.82) is 0 Å². The first-order valence-corrected chi connectivity index (χ1v) is 18.1. The minimum Gasteiger partial charge on any atom is -0.467 e. The maximum Gasteiger partial charge on any atom is 0.330 e. The molecule has 4 N–H and O–H groups in total. The number of ether oxygens (including phenoxy) is 2. The molecule has 1 aliphatic rings.